The standard InChI is InChI=1S/C11H10BrF2NO/c1-2-3-4-11(16)15-10-6-8(13)7(12)5-9(10)14/h2,5-6H,1,3-4H2,(H,15,16). The molecular formula is C11H10BrF2NO. The van der Waals surface area contributed by atoms with Crippen LogP contribution in [-0.2, 0) is 4.79 Å². The second kappa shape index (κ2) is 5.75. The van der Waals surface area contributed by atoms with Gasteiger partial charge in [0.15, 0.2) is 0 Å². The molecule has 1 rings (SSSR count). The van der Waals surface area contributed by atoms with Gasteiger partial charge >= 0.3 is 0 Å². The zero-order chi connectivity index (χ0) is 12.1. The van der Waals surface area contributed by atoms with Gasteiger partial charge in [0.2, 0.25) is 5.91 Å². The molecule has 1 aromatic rings. The van der Waals surface area contributed by atoms with Gasteiger partial charge in [-0.3, -0.25) is 4.79 Å². The number of hydrogen-bond donors (Lipinski definition) is 1. The van der Waals surface area contributed by atoms with Crippen LogP contribution in [0.5, 0.6) is 0 Å². The van der Waals surface area contributed by atoms with Gasteiger partial charge in [0, 0.05) is 12.5 Å². The number of nitrogens with one attached hydrogen (secondary N) is 1. The summed E-state index contributed by atoms with van der Waals surface area (Å²) >= 11 is 2.85. The molecule has 0 aromatic heterocycles. The fourth-order valence-corrected chi connectivity index (χ4v) is 1.38. The molecule has 0 fully saturated rings. The molecule has 0 bridgehead atoms. The van der Waals surface area contributed by atoms with Crippen LogP contribution in [0.1, 0.15) is 12.8 Å². The molecule has 86 valence electrons. The number of carbonyl (C=O) groups is 1. The summed E-state index contributed by atoms with van der Waals surface area (Å²) in [4.78, 5) is 11.3. The molecule has 0 saturated heterocycles. The molecule has 0 saturated carbocycles. The third kappa shape index (κ3) is 3.41. The van der Waals surface area contributed by atoms with E-state index in [1.165, 1.54) is 0 Å². The third-order valence-corrected chi connectivity index (χ3v) is 2.47. The topological polar surface area (TPSA) is 29.1 Å². The van der Waals surface area contributed by atoms with Gasteiger partial charge in [-0.2, -0.15) is 0 Å². The van der Waals surface area contributed by atoms with Crippen molar-refractivity contribution in [1.82, 2.24) is 0 Å². The van der Waals surface area contributed by atoms with Crippen molar-refractivity contribution in [3.05, 3.63) is 40.9 Å². The van der Waals surface area contributed by atoms with Crippen molar-refractivity contribution in [2.24, 2.45) is 0 Å². The number of benzene rings is 1. The van der Waals surface area contributed by atoms with E-state index in [2.05, 4.69) is 27.8 Å². The number of halogens is 3. The first kappa shape index (κ1) is 12.8. The zero-order valence-electron chi connectivity index (χ0n) is 8.40. The molecule has 2 nitrogen and oxygen atoms in total. The van der Waals surface area contributed by atoms with Crippen LogP contribution in [0.25, 0.3) is 0 Å². The molecule has 0 spiro atoms. The summed E-state index contributed by atoms with van der Waals surface area (Å²) < 4.78 is 26.4. The maximum atomic E-state index is 13.3. The first-order valence-electron chi connectivity index (χ1n) is 4.60. The van der Waals surface area contributed by atoms with Crippen molar-refractivity contribution >= 4 is 27.5 Å². The predicted octanol–water partition coefficient (Wildman–Crippen LogP) is 3.63. The van der Waals surface area contributed by atoms with E-state index in [1.807, 2.05) is 0 Å². The first-order valence-corrected chi connectivity index (χ1v) is 5.39. The molecule has 1 aromatic carbocycles. The van der Waals surface area contributed by atoms with Crippen molar-refractivity contribution in [3.8, 4) is 0 Å². The van der Waals surface area contributed by atoms with Gasteiger partial charge in [-0.15, -0.1) is 6.58 Å². The quantitative estimate of drug-likeness (QED) is 0.666. The zero-order valence-corrected chi connectivity index (χ0v) is 9.98. The molecule has 16 heavy (non-hydrogen) atoms. The number of anilines is 1. The number of carbonyl (C=O) groups excluding carboxylic acids is 1. The van der Waals surface area contributed by atoms with Crippen molar-refractivity contribution in [2.45, 2.75) is 12.8 Å². The lowest BCUT2D eigenvalue weighted by Crippen LogP contribution is -2.12. The van der Waals surface area contributed by atoms with Crippen molar-refractivity contribution in [3.63, 3.8) is 0 Å². The number of amides is 1. The van der Waals surface area contributed by atoms with E-state index in [1.54, 1.807) is 6.08 Å². The Kier molecular flexibility index (Phi) is 4.61. The average Bonchev–Trinajstić information content (AvgIpc) is 2.23. The largest absolute Gasteiger partial charge is 0.324 e. The Hall–Kier alpha value is -1.23. The number of rotatable bonds is 4. The number of hydrogen-bond acceptors (Lipinski definition) is 1. The molecule has 5 heteroatoms. The average molecular weight is 290 g/mol. The van der Waals surface area contributed by atoms with E-state index in [9.17, 15) is 13.6 Å². The van der Waals surface area contributed by atoms with Gasteiger partial charge in [0.05, 0.1) is 10.2 Å². The Morgan fingerprint density at radius 2 is 2.12 bits per heavy atom. The molecule has 0 unspecified atom stereocenters. The van der Waals surface area contributed by atoms with Gasteiger partial charge in [-0.05, 0) is 28.4 Å². The van der Waals surface area contributed by atoms with E-state index in [0.29, 0.717) is 6.42 Å². The van der Waals surface area contributed by atoms with Gasteiger partial charge in [-0.25, -0.2) is 8.78 Å². The summed E-state index contributed by atoms with van der Waals surface area (Å²) in [6, 6.07) is 1.91. The maximum Gasteiger partial charge on any atom is 0.224 e. The Morgan fingerprint density at radius 3 is 2.75 bits per heavy atom. The molecule has 0 radical (unpaired) electrons. The minimum absolute atomic E-state index is 0.0223. The Balaban J connectivity index is 2.77. The summed E-state index contributed by atoms with van der Waals surface area (Å²) in [5.41, 5.74) is -0.158. The predicted molar refractivity (Wildman–Crippen MR) is 62.1 cm³/mol. The monoisotopic (exact) mass is 289 g/mol. The highest BCUT2D eigenvalue weighted by atomic mass is 79.9. The SMILES string of the molecule is C=CCCC(=O)Nc1cc(F)c(Br)cc1F. The molecule has 0 aliphatic rings. The van der Waals surface area contributed by atoms with Crippen LogP contribution in [0.3, 0.4) is 0 Å². The lowest BCUT2D eigenvalue weighted by molar-refractivity contribution is -0.116. The fraction of sp³-hybridized carbons (Fsp3) is 0.182. The van der Waals surface area contributed by atoms with Gasteiger partial charge < -0.3 is 5.32 Å². The first-order chi connectivity index (χ1) is 7.54. The van der Waals surface area contributed by atoms with Crippen LogP contribution in [0.15, 0.2) is 29.3 Å². The molecule has 0 aliphatic heterocycles. The second-order valence-electron chi connectivity index (χ2n) is 3.12. The van der Waals surface area contributed by atoms with Crippen LogP contribution in [0.2, 0.25) is 0 Å². The fourth-order valence-electron chi connectivity index (χ4n) is 1.06. The molecule has 1 amide bonds. The molecule has 1 N–H and O–H groups in total. The van der Waals surface area contributed by atoms with Crippen LogP contribution < -0.4 is 5.32 Å². The summed E-state index contributed by atoms with van der Waals surface area (Å²) in [5.74, 6) is -1.68. The normalized spacial score (nSPS) is 9.94. The molecule has 0 heterocycles. The highest BCUT2D eigenvalue weighted by molar-refractivity contribution is 9.10. The van der Waals surface area contributed by atoms with Gasteiger partial charge in [0.1, 0.15) is 11.6 Å². The number of allylic oxidation sites excluding steroid dienone is 1. The second-order valence-corrected chi connectivity index (χ2v) is 3.98. The summed E-state index contributed by atoms with van der Waals surface area (Å²) in [6.07, 6.45) is 2.27. The highest BCUT2D eigenvalue weighted by Gasteiger charge is 2.10. The summed E-state index contributed by atoms with van der Waals surface area (Å²) in [7, 11) is 0. The summed E-state index contributed by atoms with van der Waals surface area (Å²) in [5, 5.41) is 2.29. The Bertz CT molecular complexity index is 421. The van der Waals surface area contributed by atoms with E-state index in [-0.39, 0.29) is 22.5 Å². The molecular weight excluding hydrogens is 280 g/mol. The molecule has 0 aliphatic carbocycles. The van der Waals surface area contributed by atoms with Crippen molar-refractivity contribution in [1.29, 1.82) is 0 Å². The lowest BCUT2D eigenvalue weighted by atomic mass is 10.2. The van der Waals surface area contributed by atoms with Crippen molar-refractivity contribution < 1.29 is 13.6 Å². The Labute approximate surface area is 100 Å². The van der Waals surface area contributed by atoms with E-state index in [4.69, 9.17) is 0 Å². The van der Waals surface area contributed by atoms with E-state index >= 15 is 0 Å². The Morgan fingerprint density at radius 1 is 1.44 bits per heavy atom. The van der Waals surface area contributed by atoms with Gasteiger partial charge in [-0.1, -0.05) is 6.08 Å². The minimum atomic E-state index is -0.680. The van der Waals surface area contributed by atoms with E-state index in [0.717, 1.165) is 12.1 Å². The smallest absolute Gasteiger partial charge is 0.224 e. The van der Waals surface area contributed by atoms with Crippen LogP contribution in [-0.4, -0.2) is 5.91 Å². The molecule has 0 atom stereocenters. The third-order valence-electron chi connectivity index (χ3n) is 1.86. The lowest BCUT2D eigenvalue weighted by Gasteiger charge is -2.06. The van der Waals surface area contributed by atoms with Crippen molar-refractivity contribution in [2.75, 3.05) is 5.32 Å². The van der Waals surface area contributed by atoms with Crippen LogP contribution >= 0.6 is 15.9 Å². The van der Waals surface area contributed by atoms with Crippen LogP contribution in [0.4, 0.5) is 14.5 Å². The van der Waals surface area contributed by atoms with E-state index < -0.39 is 11.6 Å². The van der Waals surface area contributed by atoms with Gasteiger partial charge in [0.25, 0.3) is 0 Å². The highest BCUT2D eigenvalue weighted by Crippen LogP contribution is 2.23. The van der Waals surface area contributed by atoms with Crippen LogP contribution in [0, 0.1) is 11.6 Å². The summed E-state index contributed by atoms with van der Waals surface area (Å²) in [6.45, 7) is 3.46. The minimum Gasteiger partial charge on any atom is -0.324 e. The maximum absolute atomic E-state index is 13.3.